The van der Waals surface area contributed by atoms with Gasteiger partial charge in [0.2, 0.25) is 0 Å². The van der Waals surface area contributed by atoms with Gasteiger partial charge in [-0.15, -0.1) is 0 Å². The van der Waals surface area contributed by atoms with E-state index in [2.05, 4.69) is 0 Å². The Balaban J connectivity index is 2.43. The number of carboxylic acids is 1. The van der Waals surface area contributed by atoms with Crippen LogP contribution in [0.1, 0.15) is 36.8 Å². The fourth-order valence-electron chi connectivity index (χ4n) is 2.60. The Bertz CT molecular complexity index is 395. The Labute approximate surface area is 95.3 Å². The maximum atomic E-state index is 11.5. The summed E-state index contributed by atoms with van der Waals surface area (Å²) in [7, 11) is 0. The van der Waals surface area contributed by atoms with E-state index in [1.165, 1.54) is 0 Å². The molecule has 16 heavy (non-hydrogen) atoms. The van der Waals surface area contributed by atoms with Crippen molar-refractivity contribution >= 4 is 5.97 Å². The molecule has 3 nitrogen and oxygen atoms in total. The topological polar surface area (TPSA) is 63.3 Å². The number of carbonyl (C=O) groups is 1. The van der Waals surface area contributed by atoms with Crippen molar-refractivity contribution in [2.45, 2.75) is 37.6 Å². The molecule has 0 saturated heterocycles. The van der Waals surface area contributed by atoms with Gasteiger partial charge in [-0.2, -0.15) is 0 Å². The number of hydrogen-bond acceptors (Lipinski definition) is 2. The second-order valence-electron chi connectivity index (χ2n) is 4.50. The SMILES string of the molecule is NCc1cccc(C2(C(=O)O)CCCC2)c1. The van der Waals surface area contributed by atoms with Crippen molar-refractivity contribution in [1.29, 1.82) is 0 Å². The van der Waals surface area contributed by atoms with E-state index in [9.17, 15) is 9.90 Å². The van der Waals surface area contributed by atoms with Gasteiger partial charge in [0.1, 0.15) is 0 Å². The number of benzene rings is 1. The zero-order valence-electron chi connectivity index (χ0n) is 9.28. The highest BCUT2D eigenvalue weighted by molar-refractivity contribution is 5.81. The van der Waals surface area contributed by atoms with Crippen LogP contribution in [0.2, 0.25) is 0 Å². The Morgan fingerprint density at radius 1 is 1.38 bits per heavy atom. The molecule has 1 fully saturated rings. The average Bonchev–Trinajstić information content (AvgIpc) is 2.79. The normalized spacial score (nSPS) is 18.6. The third-order valence-corrected chi connectivity index (χ3v) is 3.58. The van der Waals surface area contributed by atoms with Crippen LogP contribution in [-0.4, -0.2) is 11.1 Å². The van der Waals surface area contributed by atoms with Crippen molar-refractivity contribution in [2.24, 2.45) is 5.73 Å². The molecular weight excluding hydrogens is 202 g/mol. The van der Waals surface area contributed by atoms with E-state index in [-0.39, 0.29) is 0 Å². The van der Waals surface area contributed by atoms with Gasteiger partial charge in [0, 0.05) is 6.54 Å². The summed E-state index contributed by atoms with van der Waals surface area (Å²) in [5, 5.41) is 9.45. The highest BCUT2D eigenvalue weighted by atomic mass is 16.4. The first kappa shape index (κ1) is 11.1. The van der Waals surface area contributed by atoms with Gasteiger partial charge in [0.05, 0.1) is 5.41 Å². The Kier molecular flexibility index (Phi) is 2.97. The number of carboxylic acid groups (broad SMARTS) is 1. The Morgan fingerprint density at radius 2 is 2.06 bits per heavy atom. The zero-order chi connectivity index (χ0) is 11.6. The van der Waals surface area contributed by atoms with E-state index >= 15 is 0 Å². The van der Waals surface area contributed by atoms with Gasteiger partial charge in [-0.05, 0) is 24.0 Å². The van der Waals surface area contributed by atoms with Crippen molar-refractivity contribution in [3.8, 4) is 0 Å². The molecule has 3 heteroatoms. The quantitative estimate of drug-likeness (QED) is 0.817. The molecule has 0 amide bonds. The van der Waals surface area contributed by atoms with E-state index in [1.807, 2.05) is 24.3 Å². The van der Waals surface area contributed by atoms with Crippen molar-refractivity contribution < 1.29 is 9.90 Å². The minimum absolute atomic E-state index is 0.462. The number of rotatable bonds is 3. The van der Waals surface area contributed by atoms with Gasteiger partial charge >= 0.3 is 5.97 Å². The number of aliphatic carboxylic acids is 1. The van der Waals surface area contributed by atoms with Crippen LogP contribution in [0.25, 0.3) is 0 Å². The number of hydrogen-bond donors (Lipinski definition) is 2. The smallest absolute Gasteiger partial charge is 0.314 e. The summed E-state index contributed by atoms with van der Waals surface area (Å²) >= 11 is 0. The lowest BCUT2D eigenvalue weighted by Crippen LogP contribution is -2.32. The predicted molar refractivity (Wildman–Crippen MR) is 62.1 cm³/mol. The summed E-state index contributed by atoms with van der Waals surface area (Å²) < 4.78 is 0. The van der Waals surface area contributed by atoms with Crippen LogP contribution in [0.4, 0.5) is 0 Å². The van der Waals surface area contributed by atoms with E-state index in [4.69, 9.17) is 5.73 Å². The molecule has 1 aliphatic rings. The van der Waals surface area contributed by atoms with Crippen LogP contribution in [0.5, 0.6) is 0 Å². The molecule has 0 spiro atoms. The lowest BCUT2D eigenvalue weighted by Gasteiger charge is -2.24. The van der Waals surface area contributed by atoms with Crippen LogP contribution in [0, 0.1) is 0 Å². The summed E-state index contributed by atoms with van der Waals surface area (Å²) in [6.45, 7) is 0.462. The largest absolute Gasteiger partial charge is 0.481 e. The third kappa shape index (κ3) is 1.71. The molecule has 3 N–H and O–H groups in total. The van der Waals surface area contributed by atoms with Gasteiger partial charge in [0.15, 0.2) is 0 Å². The monoisotopic (exact) mass is 219 g/mol. The maximum Gasteiger partial charge on any atom is 0.314 e. The summed E-state index contributed by atoms with van der Waals surface area (Å²) in [6, 6.07) is 7.70. The van der Waals surface area contributed by atoms with Crippen molar-refractivity contribution in [2.75, 3.05) is 0 Å². The molecule has 0 atom stereocenters. The Hall–Kier alpha value is -1.35. The summed E-state index contributed by atoms with van der Waals surface area (Å²) in [4.78, 5) is 11.5. The molecule has 0 unspecified atom stereocenters. The number of nitrogens with two attached hydrogens (primary N) is 1. The van der Waals surface area contributed by atoms with Crippen molar-refractivity contribution in [3.63, 3.8) is 0 Å². The minimum Gasteiger partial charge on any atom is -0.481 e. The van der Waals surface area contributed by atoms with Gasteiger partial charge in [-0.1, -0.05) is 37.1 Å². The van der Waals surface area contributed by atoms with E-state index < -0.39 is 11.4 Å². The molecule has 1 saturated carbocycles. The Morgan fingerprint density at radius 3 is 2.62 bits per heavy atom. The summed E-state index contributed by atoms with van der Waals surface area (Å²) in [5.74, 6) is -0.695. The molecule has 0 heterocycles. The molecule has 2 rings (SSSR count). The van der Waals surface area contributed by atoms with Gasteiger partial charge in [0.25, 0.3) is 0 Å². The third-order valence-electron chi connectivity index (χ3n) is 3.58. The highest BCUT2D eigenvalue weighted by Gasteiger charge is 2.42. The summed E-state index contributed by atoms with van der Waals surface area (Å²) in [5.41, 5.74) is 6.85. The van der Waals surface area contributed by atoms with Crippen LogP contribution in [0.15, 0.2) is 24.3 Å². The average molecular weight is 219 g/mol. The van der Waals surface area contributed by atoms with Crippen LogP contribution >= 0.6 is 0 Å². The van der Waals surface area contributed by atoms with Gasteiger partial charge in [-0.25, -0.2) is 0 Å². The standard InChI is InChI=1S/C13H17NO2/c14-9-10-4-3-5-11(8-10)13(12(15)16)6-1-2-7-13/h3-5,8H,1-2,6-7,9,14H2,(H,15,16). The first-order chi connectivity index (χ1) is 7.69. The fraction of sp³-hybridized carbons (Fsp3) is 0.462. The second kappa shape index (κ2) is 4.26. The lowest BCUT2D eigenvalue weighted by atomic mass is 9.78. The molecule has 0 aliphatic heterocycles. The van der Waals surface area contributed by atoms with Crippen molar-refractivity contribution in [3.05, 3.63) is 35.4 Å². The van der Waals surface area contributed by atoms with Gasteiger partial charge in [-0.3, -0.25) is 4.79 Å². The molecule has 0 aromatic heterocycles. The van der Waals surface area contributed by atoms with E-state index in [0.717, 1.165) is 36.8 Å². The van der Waals surface area contributed by atoms with Crippen LogP contribution in [0.3, 0.4) is 0 Å². The molecule has 86 valence electrons. The molecule has 0 radical (unpaired) electrons. The second-order valence-corrected chi connectivity index (χ2v) is 4.50. The minimum atomic E-state index is -0.695. The summed E-state index contributed by atoms with van der Waals surface area (Å²) in [6.07, 6.45) is 3.49. The van der Waals surface area contributed by atoms with E-state index in [1.54, 1.807) is 0 Å². The predicted octanol–water partition coefficient (Wildman–Crippen LogP) is 2.04. The molecule has 1 aromatic carbocycles. The zero-order valence-corrected chi connectivity index (χ0v) is 9.28. The molecule has 1 aliphatic carbocycles. The lowest BCUT2D eigenvalue weighted by molar-refractivity contribution is -0.143. The van der Waals surface area contributed by atoms with E-state index in [0.29, 0.717) is 6.54 Å². The first-order valence-electron chi connectivity index (χ1n) is 5.72. The van der Waals surface area contributed by atoms with Crippen molar-refractivity contribution in [1.82, 2.24) is 0 Å². The first-order valence-corrected chi connectivity index (χ1v) is 5.72. The highest BCUT2D eigenvalue weighted by Crippen LogP contribution is 2.41. The van der Waals surface area contributed by atoms with Crippen LogP contribution in [-0.2, 0) is 16.8 Å². The molecule has 1 aromatic rings. The maximum absolute atomic E-state index is 11.5. The van der Waals surface area contributed by atoms with Crippen LogP contribution < -0.4 is 5.73 Å². The fourth-order valence-corrected chi connectivity index (χ4v) is 2.60. The molecule has 0 bridgehead atoms. The van der Waals surface area contributed by atoms with Gasteiger partial charge < -0.3 is 10.8 Å². The molecular formula is C13H17NO2.